The van der Waals surface area contributed by atoms with Crippen LogP contribution in [-0.2, 0) is 12.4 Å². The molecule has 208 valence electrons. The zero-order valence-corrected chi connectivity index (χ0v) is 20.8. The minimum atomic E-state index is -5.34. The number of aliphatic hydroxyl groups excluding tert-OH is 1. The van der Waals surface area contributed by atoms with Gasteiger partial charge in [0.15, 0.2) is 10.9 Å². The highest BCUT2D eigenvalue weighted by molar-refractivity contribution is 7.80. The third-order valence-corrected chi connectivity index (χ3v) is 6.11. The predicted molar refractivity (Wildman–Crippen MR) is 129 cm³/mol. The number of thiocarbonyl (C=S) groups is 1. The summed E-state index contributed by atoms with van der Waals surface area (Å²) in [5.41, 5.74) is -4.12. The molecule has 1 aliphatic heterocycles. The average Bonchev–Trinajstić information content (AvgIpc) is 3.17. The van der Waals surface area contributed by atoms with Crippen LogP contribution in [0.5, 0.6) is 5.75 Å². The second-order valence-corrected chi connectivity index (χ2v) is 8.73. The molecule has 0 aromatic heterocycles. The second-order valence-electron chi connectivity index (χ2n) is 8.36. The molecule has 1 heterocycles. The van der Waals surface area contributed by atoms with E-state index in [-0.39, 0.29) is 43.0 Å². The van der Waals surface area contributed by atoms with E-state index < -0.39 is 52.9 Å². The molecule has 1 atom stereocenters. The summed E-state index contributed by atoms with van der Waals surface area (Å²) < 4.78 is 101. The number of alkyl halides is 6. The first kappa shape index (κ1) is 29.4. The topological polar surface area (TPSA) is 68.3 Å². The number of likely N-dealkylation sites (N-methyl/N-ethyl adjacent to an activating group) is 1. The maximum absolute atomic E-state index is 14.0. The molecule has 0 bridgehead atoms. The lowest BCUT2D eigenvalue weighted by atomic mass is 10.1. The largest absolute Gasteiger partial charge is 0.420 e. The van der Waals surface area contributed by atoms with Gasteiger partial charge in [-0.05, 0) is 55.7 Å². The summed E-state index contributed by atoms with van der Waals surface area (Å²) >= 11 is 5.30. The van der Waals surface area contributed by atoms with Gasteiger partial charge in [0.1, 0.15) is 11.4 Å². The number of rotatable bonds is 7. The van der Waals surface area contributed by atoms with Crippen LogP contribution in [0.1, 0.15) is 11.1 Å². The van der Waals surface area contributed by atoms with E-state index in [4.69, 9.17) is 17.0 Å². The molecule has 7 nitrogen and oxygen atoms in total. The highest BCUT2D eigenvalue weighted by atomic mass is 32.1. The lowest BCUT2D eigenvalue weighted by Crippen LogP contribution is -2.40. The summed E-state index contributed by atoms with van der Waals surface area (Å²) in [6.07, 6.45) is -12.8. The van der Waals surface area contributed by atoms with Crippen molar-refractivity contribution in [2.24, 2.45) is 0 Å². The minimum Gasteiger partial charge on any atom is -0.407 e. The van der Waals surface area contributed by atoms with Crippen LogP contribution in [0, 0.1) is 5.82 Å². The number of β-amino-alcohol motifs (C(OH)–C–C–N with tert-alkyl or cyclic N) is 1. The number of carbonyl (C=O) groups is 1. The van der Waals surface area contributed by atoms with Crippen LogP contribution in [0.25, 0.3) is 0 Å². The minimum absolute atomic E-state index is 0.0380. The first-order valence-electron chi connectivity index (χ1n) is 11.1. The Morgan fingerprint density at radius 3 is 2.32 bits per heavy atom. The van der Waals surface area contributed by atoms with Gasteiger partial charge in [-0.1, -0.05) is 0 Å². The number of aliphatic hydroxyl groups is 1. The van der Waals surface area contributed by atoms with E-state index >= 15 is 0 Å². The third-order valence-electron chi connectivity index (χ3n) is 5.64. The smallest absolute Gasteiger partial charge is 0.407 e. The molecule has 1 unspecified atom stereocenters. The van der Waals surface area contributed by atoms with E-state index in [2.05, 4.69) is 5.32 Å². The van der Waals surface area contributed by atoms with E-state index in [1.165, 1.54) is 17.0 Å². The Balaban J connectivity index is 2.08. The van der Waals surface area contributed by atoms with Gasteiger partial charge in [0, 0.05) is 38.9 Å². The molecular formula is C23H23F7N4O3S. The van der Waals surface area contributed by atoms with Gasteiger partial charge < -0.3 is 25.0 Å². The van der Waals surface area contributed by atoms with Gasteiger partial charge in [-0.25, -0.2) is 9.18 Å². The molecule has 0 spiro atoms. The normalized spacial score (nSPS) is 15.2. The molecule has 0 saturated carbocycles. The highest BCUT2D eigenvalue weighted by Crippen LogP contribution is 2.47. The van der Waals surface area contributed by atoms with E-state index in [9.17, 15) is 40.6 Å². The van der Waals surface area contributed by atoms with Crippen molar-refractivity contribution in [1.82, 2.24) is 10.2 Å². The van der Waals surface area contributed by atoms with Crippen molar-refractivity contribution in [3.8, 4) is 5.75 Å². The molecular weight excluding hydrogens is 545 g/mol. The standard InChI is InChI=1S/C23H23F7N4O3S/c1-31-11-16(35)12-33-7-8-34(20(33)38)18-10-13(22(25,26)27)9-17(23(28,29)30)19(18)37-21(36)32(2)15-5-3-14(24)4-6-15/h3-6,9-10,16,31,35H,7-8,11-12H2,1-2H3. The Bertz CT molecular complexity index is 1180. The molecule has 3 rings (SSSR count). The lowest BCUT2D eigenvalue weighted by Gasteiger charge is -2.28. The average molecular weight is 569 g/mol. The third kappa shape index (κ3) is 6.63. The number of hydrogen-bond acceptors (Lipinski definition) is 5. The Kier molecular flexibility index (Phi) is 8.73. The van der Waals surface area contributed by atoms with Gasteiger partial charge in [0.25, 0.3) is 0 Å². The summed E-state index contributed by atoms with van der Waals surface area (Å²) in [7, 11) is 2.72. The van der Waals surface area contributed by atoms with Gasteiger partial charge in [-0.2, -0.15) is 26.3 Å². The Morgan fingerprint density at radius 1 is 1.13 bits per heavy atom. The van der Waals surface area contributed by atoms with E-state index in [1.54, 1.807) is 7.05 Å². The molecule has 1 aliphatic rings. The molecule has 0 aliphatic carbocycles. The molecule has 15 heteroatoms. The first-order valence-corrected chi connectivity index (χ1v) is 11.5. The summed E-state index contributed by atoms with van der Waals surface area (Å²) in [4.78, 5) is 16.0. The monoisotopic (exact) mass is 568 g/mol. The molecule has 1 fully saturated rings. The van der Waals surface area contributed by atoms with Gasteiger partial charge in [0.05, 0.1) is 17.4 Å². The fraction of sp³-hybridized carbons (Fsp3) is 0.391. The number of anilines is 2. The summed E-state index contributed by atoms with van der Waals surface area (Å²) in [6, 6.07) is 4.62. The van der Waals surface area contributed by atoms with Crippen molar-refractivity contribution in [3.63, 3.8) is 0 Å². The fourth-order valence-electron chi connectivity index (χ4n) is 3.75. The molecule has 2 N–H and O–H groups in total. The van der Waals surface area contributed by atoms with Crippen LogP contribution < -0.4 is 19.9 Å². The number of benzene rings is 2. The van der Waals surface area contributed by atoms with Crippen LogP contribution in [0.4, 0.5) is 46.9 Å². The summed E-state index contributed by atoms with van der Waals surface area (Å²) in [5, 5.41) is 12.7. The van der Waals surface area contributed by atoms with Gasteiger partial charge in [-0.15, -0.1) is 0 Å². The maximum atomic E-state index is 14.0. The predicted octanol–water partition coefficient (Wildman–Crippen LogP) is 4.49. The van der Waals surface area contributed by atoms with E-state index in [0.717, 1.165) is 29.0 Å². The summed E-state index contributed by atoms with van der Waals surface area (Å²) in [5.74, 6) is -1.81. The second kappa shape index (κ2) is 11.3. The highest BCUT2D eigenvalue weighted by Gasteiger charge is 2.43. The van der Waals surface area contributed by atoms with Crippen LogP contribution in [0.2, 0.25) is 0 Å². The number of nitrogens with zero attached hydrogens (tertiary/aromatic N) is 3. The van der Waals surface area contributed by atoms with Crippen LogP contribution in [0.3, 0.4) is 0 Å². The van der Waals surface area contributed by atoms with Crippen molar-refractivity contribution in [2.45, 2.75) is 18.5 Å². The first-order chi connectivity index (χ1) is 17.6. The Labute approximate surface area is 218 Å². The van der Waals surface area contributed by atoms with E-state index in [1.807, 2.05) is 0 Å². The number of carbonyl (C=O) groups excluding carboxylic acids is 1. The number of amides is 1. The Morgan fingerprint density at radius 2 is 1.76 bits per heavy atom. The Hall–Kier alpha value is -3.17. The number of hydrogen-bond donors (Lipinski definition) is 2. The lowest BCUT2D eigenvalue weighted by molar-refractivity contribution is -0.143. The number of nitrogens with one attached hydrogen (secondary N) is 1. The van der Waals surface area contributed by atoms with Crippen molar-refractivity contribution in [2.75, 3.05) is 50.1 Å². The maximum Gasteiger partial charge on any atom is 0.420 e. The van der Waals surface area contributed by atoms with Gasteiger partial charge in [-0.3, -0.25) is 4.90 Å². The fourth-order valence-corrected chi connectivity index (χ4v) is 4.11. The molecule has 2 aromatic carbocycles. The quantitative estimate of drug-likeness (QED) is 0.377. The van der Waals surface area contributed by atoms with Gasteiger partial charge in [0.2, 0.25) is 0 Å². The zero-order valence-electron chi connectivity index (χ0n) is 20.0. The van der Waals surface area contributed by atoms with Crippen molar-refractivity contribution >= 4 is 34.8 Å². The zero-order chi connectivity index (χ0) is 28.4. The number of halogens is 7. The molecule has 1 amide bonds. The number of ether oxygens (including phenoxy) is 1. The van der Waals surface area contributed by atoms with Gasteiger partial charge >= 0.3 is 18.4 Å². The SMILES string of the molecule is CNCC(O)CN1CCN(c2cc(C(F)(F)F)cc(C(F)(F)F)c2OC(=O)N(C)c2ccc(F)cc2)C1=S. The van der Waals surface area contributed by atoms with Crippen LogP contribution in [-0.4, -0.2) is 67.6 Å². The summed E-state index contributed by atoms with van der Waals surface area (Å²) in [6.45, 7) is 0.0747. The van der Waals surface area contributed by atoms with Crippen molar-refractivity contribution in [3.05, 3.63) is 53.3 Å². The van der Waals surface area contributed by atoms with Crippen LogP contribution in [0.15, 0.2) is 36.4 Å². The molecule has 1 saturated heterocycles. The molecule has 2 aromatic rings. The van der Waals surface area contributed by atoms with Crippen molar-refractivity contribution in [1.29, 1.82) is 0 Å². The molecule has 0 radical (unpaired) electrons. The molecule has 38 heavy (non-hydrogen) atoms. The van der Waals surface area contributed by atoms with E-state index in [0.29, 0.717) is 6.07 Å². The van der Waals surface area contributed by atoms with Crippen LogP contribution >= 0.6 is 12.2 Å². The van der Waals surface area contributed by atoms with Crippen molar-refractivity contribution < 1.29 is 45.4 Å².